The normalized spacial score (nSPS) is 19.1. The molecule has 1 saturated heterocycles. The van der Waals surface area contributed by atoms with Crippen LogP contribution >= 0.6 is 0 Å². The minimum Gasteiger partial charge on any atom is -0.378 e. The maximum absolute atomic E-state index is 12.7. The summed E-state index contributed by atoms with van der Waals surface area (Å²) in [7, 11) is 1.69. The van der Waals surface area contributed by atoms with Crippen LogP contribution < -0.4 is 5.32 Å². The van der Waals surface area contributed by atoms with E-state index in [1.54, 1.807) is 20.1 Å². The predicted octanol–water partition coefficient (Wildman–Crippen LogP) is 3.32. The Morgan fingerprint density at radius 3 is 2.40 bits per heavy atom. The molecule has 0 bridgehead atoms. The zero-order valence-corrected chi connectivity index (χ0v) is 11.8. The number of ether oxygens (including phenoxy) is 1. The van der Waals surface area contributed by atoms with Crippen molar-refractivity contribution in [1.29, 1.82) is 0 Å². The predicted molar refractivity (Wildman–Crippen MR) is 71.7 cm³/mol. The first-order valence-corrected chi connectivity index (χ1v) is 6.79. The first-order valence-electron chi connectivity index (χ1n) is 6.79. The van der Waals surface area contributed by atoms with Crippen LogP contribution in [0.2, 0.25) is 0 Å². The minimum atomic E-state index is -4.28. The fourth-order valence-electron chi connectivity index (χ4n) is 2.75. The molecule has 5 heteroatoms. The topological polar surface area (TPSA) is 21.3 Å². The number of rotatable bonds is 3. The fraction of sp³-hybridized carbons (Fsp3) is 0.600. The van der Waals surface area contributed by atoms with Crippen molar-refractivity contribution in [3.8, 4) is 0 Å². The van der Waals surface area contributed by atoms with Gasteiger partial charge in [-0.25, -0.2) is 0 Å². The van der Waals surface area contributed by atoms with Crippen LogP contribution in [0.25, 0.3) is 0 Å². The summed E-state index contributed by atoms with van der Waals surface area (Å²) < 4.78 is 43.7. The Hall–Kier alpha value is -1.07. The molecule has 0 spiro atoms. The van der Waals surface area contributed by atoms with E-state index in [1.807, 2.05) is 0 Å². The van der Waals surface area contributed by atoms with E-state index < -0.39 is 11.7 Å². The number of hydrogen-bond donors (Lipinski definition) is 1. The van der Waals surface area contributed by atoms with Gasteiger partial charge in [0.15, 0.2) is 0 Å². The summed E-state index contributed by atoms with van der Waals surface area (Å²) in [5.74, 6) is 0. The van der Waals surface area contributed by atoms with Gasteiger partial charge in [-0.2, -0.15) is 13.2 Å². The Labute approximate surface area is 117 Å². The van der Waals surface area contributed by atoms with Crippen molar-refractivity contribution in [1.82, 2.24) is 5.32 Å². The van der Waals surface area contributed by atoms with Crippen LogP contribution in [-0.4, -0.2) is 25.8 Å². The Bertz CT molecular complexity index is 465. The highest BCUT2D eigenvalue weighted by Crippen LogP contribution is 2.33. The quantitative estimate of drug-likeness (QED) is 0.920. The van der Waals surface area contributed by atoms with Crippen molar-refractivity contribution in [2.75, 3.05) is 20.2 Å². The molecule has 0 saturated carbocycles. The van der Waals surface area contributed by atoms with Crippen molar-refractivity contribution in [2.45, 2.75) is 38.0 Å². The number of nitrogens with one attached hydrogen (secondary N) is 1. The summed E-state index contributed by atoms with van der Waals surface area (Å²) >= 11 is 0. The van der Waals surface area contributed by atoms with Gasteiger partial charge in [0.2, 0.25) is 0 Å². The van der Waals surface area contributed by atoms with Crippen LogP contribution in [0, 0.1) is 6.92 Å². The average molecular weight is 287 g/mol. The van der Waals surface area contributed by atoms with Gasteiger partial charge in [-0.05, 0) is 56.1 Å². The molecule has 2 nitrogen and oxygen atoms in total. The molecule has 1 aliphatic heterocycles. The summed E-state index contributed by atoms with van der Waals surface area (Å²) in [6.45, 7) is 3.50. The Kier molecular flexibility index (Phi) is 4.39. The zero-order valence-electron chi connectivity index (χ0n) is 11.8. The zero-order chi connectivity index (χ0) is 14.8. The van der Waals surface area contributed by atoms with Crippen LogP contribution in [0.1, 0.15) is 29.5 Å². The molecule has 1 fully saturated rings. The van der Waals surface area contributed by atoms with Gasteiger partial charge in [0, 0.05) is 13.5 Å². The highest BCUT2D eigenvalue weighted by atomic mass is 19.4. The van der Waals surface area contributed by atoms with Crippen molar-refractivity contribution in [3.63, 3.8) is 0 Å². The smallest absolute Gasteiger partial charge is 0.378 e. The number of hydrogen-bond acceptors (Lipinski definition) is 2. The molecular formula is C15H20F3NO. The van der Waals surface area contributed by atoms with Crippen molar-refractivity contribution < 1.29 is 17.9 Å². The first-order chi connectivity index (χ1) is 9.36. The number of benzene rings is 1. The van der Waals surface area contributed by atoms with E-state index in [1.165, 1.54) is 6.07 Å². The Morgan fingerprint density at radius 2 is 1.90 bits per heavy atom. The first kappa shape index (κ1) is 15.3. The van der Waals surface area contributed by atoms with Crippen LogP contribution in [0.15, 0.2) is 18.2 Å². The minimum absolute atomic E-state index is 0.254. The second-order valence-electron chi connectivity index (χ2n) is 5.45. The summed E-state index contributed by atoms with van der Waals surface area (Å²) in [5, 5.41) is 3.27. The van der Waals surface area contributed by atoms with Crippen LogP contribution in [0.4, 0.5) is 13.2 Å². The van der Waals surface area contributed by atoms with E-state index in [0.717, 1.165) is 37.6 Å². The lowest BCUT2D eigenvalue weighted by Gasteiger charge is -2.37. The largest absolute Gasteiger partial charge is 0.416 e. The SMILES string of the molecule is COC1(Cc2ccc(C(F)(F)F)cc2C)CCNCC1. The summed E-state index contributed by atoms with van der Waals surface area (Å²) in [6, 6.07) is 3.97. The van der Waals surface area contributed by atoms with Crippen LogP contribution in [0.3, 0.4) is 0 Å². The number of methoxy groups -OCH3 is 1. The molecule has 0 radical (unpaired) electrons. The van der Waals surface area contributed by atoms with Gasteiger partial charge < -0.3 is 10.1 Å². The maximum atomic E-state index is 12.7. The van der Waals surface area contributed by atoms with Crippen LogP contribution in [0.5, 0.6) is 0 Å². The number of alkyl halides is 3. The van der Waals surface area contributed by atoms with Gasteiger partial charge in [-0.3, -0.25) is 0 Å². The van der Waals surface area contributed by atoms with Gasteiger partial charge in [0.1, 0.15) is 0 Å². The number of aryl methyl sites for hydroxylation is 1. The summed E-state index contributed by atoms with van der Waals surface area (Å²) in [4.78, 5) is 0. The summed E-state index contributed by atoms with van der Waals surface area (Å²) in [6.07, 6.45) is -1.86. The lowest BCUT2D eigenvalue weighted by molar-refractivity contribution is -0.137. The van der Waals surface area contributed by atoms with E-state index in [9.17, 15) is 13.2 Å². The molecule has 2 rings (SSSR count). The highest BCUT2D eigenvalue weighted by molar-refractivity contribution is 5.33. The fourth-order valence-corrected chi connectivity index (χ4v) is 2.75. The van der Waals surface area contributed by atoms with Gasteiger partial charge in [0.05, 0.1) is 11.2 Å². The molecule has 20 heavy (non-hydrogen) atoms. The van der Waals surface area contributed by atoms with Crippen molar-refractivity contribution in [2.24, 2.45) is 0 Å². The molecule has 1 aromatic carbocycles. The second kappa shape index (κ2) is 5.74. The second-order valence-corrected chi connectivity index (χ2v) is 5.45. The molecule has 1 aliphatic rings. The van der Waals surface area contributed by atoms with E-state index in [2.05, 4.69) is 5.32 Å². The third-order valence-corrected chi connectivity index (χ3v) is 4.13. The molecular weight excluding hydrogens is 267 g/mol. The van der Waals surface area contributed by atoms with Crippen molar-refractivity contribution >= 4 is 0 Å². The molecule has 112 valence electrons. The van der Waals surface area contributed by atoms with E-state index in [4.69, 9.17) is 4.74 Å². The van der Waals surface area contributed by atoms with Gasteiger partial charge in [-0.1, -0.05) is 6.07 Å². The lowest BCUT2D eigenvalue weighted by atomic mass is 9.84. The lowest BCUT2D eigenvalue weighted by Crippen LogP contribution is -2.45. The molecule has 0 amide bonds. The third-order valence-electron chi connectivity index (χ3n) is 4.13. The van der Waals surface area contributed by atoms with Crippen molar-refractivity contribution in [3.05, 3.63) is 34.9 Å². The Balaban J connectivity index is 2.21. The monoisotopic (exact) mass is 287 g/mol. The van der Waals surface area contributed by atoms with Gasteiger partial charge in [0.25, 0.3) is 0 Å². The average Bonchev–Trinajstić information content (AvgIpc) is 2.41. The van der Waals surface area contributed by atoms with Crippen LogP contribution in [-0.2, 0) is 17.3 Å². The maximum Gasteiger partial charge on any atom is 0.416 e. The molecule has 0 unspecified atom stereocenters. The van der Waals surface area contributed by atoms with Gasteiger partial charge >= 0.3 is 6.18 Å². The molecule has 1 aromatic rings. The Morgan fingerprint density at radius 1 is 1.25 bits per heavy atom. The van der Waals surface area contributed by atoms with Gasteiger partial charge in [-0.15, -0.1) is 0 Å². The standard InChI is InChI=1S/C15H20F3NO/c1-11-9-13(15(16,17)18)4-3-12(11)10-14(20-2)5-7-19-8-6-14/h3-4,9,19H,5-8,10H2,1-2H3. The number of halogens is 3. The van der Waals surface area contributed by atoms with E-state index in [-0.39, 0.29) is 5.60 Å². The molecule has 1 N–H and O–H groups in total. The van der Waals surface area contributed by atoms with E-state index in [0.29, 0.717) is 12.0 Å². The highest BCUT2D eigenvalue weighted by Gasteiger charge is 2.34. The molecule has 0 aromatic heterocycles. The molecule has 0 atom stereocenters. The van der Waals surface area contributed by atoms with E-state index >= 15 is 0 Å². The molecule has 1 heterocycles. The molecule has 0 aliphatic carbocycles. The number of piperidine rings is 1. The third kappa shape index (κ3) is 3.33. The summed E-state index contributed by atoms with van der Waals surface area (Å²) in [5.41, 5.74) is 0.766.